The Bertz CT molecular complexity index is 633. The molecule has 2 heterocycles. The Hall–Kier alpha value is -2.05. The van der Waals surface area contributed by atoms with E-state index in [4.69, 9.17) is 21.1 Å². The molecule has 0 saturated carbocycles. The summed E-state index contributed by atoms with van der Waals surface area (Å²) < 4.78 is 11.0. The SMILES string of the molecule is ClCCCOc1ccc(Nc2nccc(N3CCOCC3)n2)cc1. The average Bonchev–Trinajstić information content (AvgIpc) is 2.64. The van der Waals surface area contributed by atoms with Gasteiger partial charge in [0.2, 0.25) is 5.95 Å². The summed E-state index contributed by atoms with van der Waals surface area (Å²) in [6.07, 6.45) is 2.60. The van der Waals surface area contributed by atoms with Gasteiger partial charge in [-0.3, -0.25) is 0 Å². The zero-order chi connectivity index (χ0) is 16.6. The molecule has 1 aromatic carbocycles. The summed E-state index contributed by atoms with van der Waals surface area (Å²) in [5, 5.41) is 3.22. The van der Waals surface area contributed by atoms with Crippen molar-refractivity contribution < 1.29 is 9.47 Å². The first kappa shape index (κ1) is 16.8. The van der Waals surface area contributed by atoms with E-state index in [1.54, 1.807) is 6.20 Å². The minimum atomic E-state index is 0.579. The first-order valence-corrected chi connectivity index (χ1v) is 8.60. The lowest BCUT2D eigenvalue weighted by atomic mass is 10.3. The molecule has 3 rings (SSSR count). The number of ether oxygens (including phenoxy) is 2. The van der Waals surface area contributed by atoms with Gasteiger partial charge in [-0.25, -0.2) is 4.98 Å². The molecule has 0 aliphatic carbocycles. The maximum atomic E-state index is 5.64. The van der Waals surface area contributed by atoms with Crippen molar-refractivity contribution in [3.05, 3.63) is 36.5 Å². The van der Waals surface area contributed by atoms with Crippen molar-refractivity contribution in [2.45, 2.75) is 6.42 Å². The highest BCUT2D eigenvalue weighted by atomic mass is 35.5. The molecule has 24 heavy (non-hydrogen) atoms. The van der Waals surface area contributed by atoms with Gasteiger partial charge >= 0.3 is 0 Å². The van der Waals surface area contributed by atoms with Gasteiger partial charge in [-0.15, -0.1) is 11.6 Å². The molecule has 0 amide bonds. The van der Waals surface area contributed by atoms with Crippen molar-refractivity contribution in [2.24, 2.45) is 0 Å². The number of anilines is 3. The molecule has 0 spiro atoms. The maximum absolute atomic E-state index is 5.64. The van der Waals surface area contributed by atoms with Gasteiger partial charge in [0, 0.05) is 30.9 Å². The van der Waals surface area contributed by atoms with Crippen LogP contribution in [0.1, 0.15) is 6.42 Å². The molecule has 6 nitrogen and oxygen atoms in total. The number of benzene rings is 1. The van der Waals surface area contributed by atoms with Crippen LogP contribution in [0.25, 0.3) is 0 Å². The number of nitrogens with zero attached hydrogens (tertiary/aromatic N) is 3. The Kier molecular flexibility index (Phi) is 6.09. The van der Waals surface area contributed by atoms with E-state index in [0.29, 0.717) is 18.4 Å². The standard InChI is InChI=1S/C17H21ClN4O2/c18-7-1-11-24-15-4-2-14(3-5-15)20-17-19-8-6-16(21-17)22-9-12-23-13-10-22/h2-6,8H,1,7,9-13H2,(H,19,20,21). The molecule has 0 radical (unpaired) electrons. The third-order valence-electron chi connectivity index (χ3n) is 3.63. The van der Waals surface area contributed by atoms with Crippen LogP contribution >= 0.6 is 11.6 Å². The molecule has 0 atom stereocenters. The third kappa shape index (κ3) is 4.72. The lowest BCUT2D eigenvalue weighted by Gasteiger charge is -2.27. The summed E-state index contributed by atoms with van der Waals surface area (Å²) >= 11 is 5.64. The largest absolute Gasteiger partial charge is 0.494 e. The normalized spacial score (nSPS) is 14.5. The van der Waals surface area contributed by atoms with Gasteiger partial charge < -0.3 is 19.7 Å². The minimum Gasteiger partial charge on any atom is -0.494 e. The number of hydrogen-bond acceptors (Lipinski definition) is 6. The van der Waals surface area contributed by atoms with Crippen LogP contribution in [0.4, 0.5) is 17.5 Å². The number of aromatic nitrogens is 2. The first-order chi connectivity index (χ1) is 11.8. The second kappa shape index (κ2) is 8.70. The quantitative estimate of drug-likeness (QED) is 0.613. The maximum Gasteiger partial charge on any atom is 0.229 e. The Morgan fingerprint density at radius 2 is 1.96 bits per heavy atom. The van der Waals surface area contributed by atoms with E-state index in [1.165, 1.54) is 0 Å². The average molecular weight is 349 g/mol. The molecule has 0 unspecified atom stereocenters. The molecule has 1 saturated heterocycles. The van der Waals surface area contributed by atoms with Crippen LogP contribution < -0.4 is 15.0 Å². The van der Waals surface area contributed by atoms with Crippen LogP contribution in [0.5, 0.6) is 5.75 Å². The molecule has 0 bridgehead atoms. The van der Waals surface area contributed by atoms with Crippen molar-refractivity contribution in [3.8, 4) is 5.75 Å². The molecular weight excluding hydrogens is 328 g/mol. The van der Waals surface area contributed by atoms with Gasteiger partial charge in [-0.2, -0.15) is 4.98 Å². The molecule has 128 valence electrons. The summed E-state index contributed by atoms with van der Waals surface area (Å²) in [5.74, 6) is 2.93. The highest BCUT2D eigenvalue weighted by molar-refractivity contribution is 6.17. The molecule has 1 fully saturated rings. The molecule has 1 aliphatic heterocycles. The second-order valence-corrected chi connectivity index (χ2v) is 5.76. The zero-order valence-corrected chi connectivity index (χ0v) is 14.2. The Morgan fingerprint density at radius 3 is 2.71 bits per heavy atom. The van der Waals surface area contributed by atoms with Crippen LogP contribution in [-0.4, -0.2) is 48.8 Å². The van der Waals surface area contributed by atoms with E-state index in [0.717, 1.165) is 50.0 Å². The fourth-order valence-corrected chi connectivity index (χ4v) is 2.50. The summed E-state index contributed by atoms with van der Waals surface area (Å²) in [5.41, 5.74) is 0.916. The lowest BCUT2D eigenvalue weighted by molar-refractivity contribution is 0.122. The number of hydrogen-bond donors (Lipinski definition) is 1. The Labute approximate surface area is 146 Å². The van der Waals surface area contributed by atoms with E-state index in [2.05, 4.69) is 20.2 Å². The monoisotopic (exact) mass is 348 g/mol. The fraction of sp³-hybridized carbons (Fsp3) is 0.412. The lowest BCUT2D eigenvalue weighted by Crippen LogP contribution is -2.36. The highest BCUT2D eigenvalue weighted by Gasteiger charge is 2.13. The number of rotatable bonds is 7. The van der Waals surface area contributed by atoms with Crippen molar-refractivity contribution >= 4 is 29.1 Å². The van der Waals surface area contributed by atoms with E-state index < -0.39 is 0 Å². The van der Waals surface area contributed by atoms with Crippen LogP contribution in [0, 0.1) is 0 Å². The Morgan fingerprint density at radius 1 is 1.17 bits per heavy atom. The van der Waals surface area contributed by atoms with Crippen molar-refractivity contribution in [1.82, 2.24) is 9.97 Å². The second-order valence-electron chi connectivity index (χ2n) is 5.38. The summed E-state index contributed by atoms with van der Waals surface area (Å²) in [7, 11) is 0. The van der Waals surface area contributed by atoms with Crippen LogP contribution in [0.15, 0.2) is 36.5 Å². The topological polar surface area (TPSA) is 59.5 Å². The van der Waals surface area contributed by atoms with E-state index in [1.807, 2.05) is 30.3 Å². The van der Waals surface area contributed by atoms with Crippen molar-refractivity contribution in [3.63, 3.8) is 0 Å². The summed E-state index contributed by atoms with van der Waals surface area (Å²) in [6, 6.07) is 9.65. The first-order valence-electron chi connectivity index (χ1n) is 8.07. The van der Waals surface area contributed by atoms with Gasteiger partial charge in [-0.1, -0.05) is 0 Å². The predicted octanol–water partition coefficient (Wildman–Crippen LogP) is 3.06. The molecule has 2 aromatic rings. The minimum absolute atomic E-state index is 0.579. The zero-order valence-electron chi connectivity index (χ0n) is 13.4. The van der Waals surface area contributed by atoms with Gasteiger partial charge in [0.15, 0.2) is 0 Å². The molecule has 1 aromatic heterocycles. The predicted molar refractivity (Wildman–Crippen MR) is 95.6 cm³/mol. The number of halogens is 1. The van der Waals surface area contributed by atoms with Crippen LogP contribution in [0.2, 0.25) is 0 Å². The van der Waals surface area contributed by atoms with E-state index in [9.17, 15) is 0 Å². The molecule has 7 heteroatoms. The number of morpholine rings is 1. The van der Waals surface area contributed by atoms with Gasteiger partial charge in [-0.05, 0) is 36.8 Å². The van der Waals surface area contributed by atoms with Gasteiger partial charge in [0.1, 0.15) is 11.6 Å². The Balaban J connectivity index is 1.61. The van der Waals surface area contributed by atoms with Crippen molar-refractivity contribution in [1.29, 1.82) is 0 Å². The number of alkyl halides is 1. The molecular formula is C17H21ClN4O2. The molecule has 1 N–H and O–H groups in total. The van der Waals surface area contributed by atoms with Crippen LogP contribution in [-0.2, 0) is 4.74 Å². The summed E-state index contributed by atoms with van der Waals surface area (Å²) in [6.45, 7) is 3.80. The van der Waals surface area contributed by atoms with Gasteiger partial charge in [0.05, 0.1) is 19.8 Å². The van der Waals surface area contributed by atoms with E-state index in [-0.39, 0.29) is 0 Å². The third-order valence-corrected chi connectivity index (χ3v) is 3.90. The fourth-order valence-electron chi connectivity index (χ4n) is 2.39. The highest BCUT2D eigenvalue weighted by Crippen LogP contribution is 2.20. The van der Waals surface area contributed by atoms with Crippen molar-refractivity contribution in [2.75, 3.05) is 49.0 Å². The van der Waals surface area contributed by atoms with Gasteiger partial charge in [0.25, 0.3) is 0 Å². The van der Waals surface area contributed by atoms with E-state index >= 15 is 0 Å². The van der Waals surface area contributed by atoms with Crippen LogP contribution in [0.3, 0.4) is 0 Å². The number of nitrogens with one attached hydrogen (secondary N) is 1. The summed E-state index contributed by atoms with van der Waals surface area (Å²) in [4.78, 5) is 11.1. The smallest absolute Gasteiger partial charge is 0.229 e. The molecule has 1 aliphatic rings.